The number of hydrogen-bond acceptors (Lipinski definition) is 9. The molecule has 9 nitrogen and oxygen atoms in total. The van der Waals surface area contributed by atoms with Crippen molar-refractivity contribution in [3.8, 4) is 0 Å². The lowest BCUT2D eigenvalue weighted by atomic mass is 9.82. The van der Waals surface area contributed by atoms with Gasteiger partial charge in [-0.1, -0.05) is 105 Å². The third-order valence-corrected chi connectivity index (χ3v) is 19.7. The molecule has 0 bridgehead atoms. The first kappa shape index (κ1) is 51.8. The summed E-state index contributed by atoms with van der Waals surface area (Å²) >= 11 is 0. The summed E-state index contributed by atoms with van der Waals surface area (Å²) in [6, 6.07) is 10.3. The van der Waals surface area contributed by atoms with Crippen LogP contribution in [-0.4, -0.2) is 94.1 Å². The van der Waals surface area contributed by atoms with E-state index in [1.165, 1.54) is 12.8 Å². The quantitative estimate of drug-likeness (QED) is 0.0743. The molecular weight excluding hydrogens is 783 g/mol. The van der Waals surface area contributed by atoms with Gasteiger partial charge in [-0.2, -0.15) is 0 Å². The van der Waals surface area contributed by atoms with Crippen LogP contribution in [0, 0.1) is 29.6 Å². The second-order valence-electron chi connectivity index (χ2n) is 20.9. The first-order valence-electron chi connectivity index (χ1n) is 24.6. The molecule has 14 atom stereocenters. The third-order valence-electron chi connectivity index (χ3n) is 15.3. The first-order chi connectivity index (χ1) is 28.8. The Morgan fingerprint density at radius 2 is 1.34 bits per heavy atom. The van der Waals surface area contributed by atoms with Crippen molar-refractivity contribution in [1.29, 1.82) is 0 Å². The van der Waals surface area contributed by atoms with Gasteiger partial charge in [0.25, 0.3) is 0 Å². The van der Waals surface area contributed by atoms with Crippen LogP contribution in [0.5, 0.6) is 0 Å². The van der Waals surface area contributed by atoms with Gasteiger partial charge in [0.05, 0.1) is 54.6 Å². The zero-order valence-corrected chi connectivity index (χ0v) is 42.1. The Morgan fingerprint density at radius 1 is 0.754 bits per heavy atom. The van der Waals surface area contributed by atoms with E-state index in [1.807, 2.05) is 37.3 Å². The van der Waals surface area contributed by atoms with Crippen molar-refractivity contribution in [1.82, 2.24) is 4.90 Å². The fourth-order valence-corrected chi connectivity index (χ4v) is 11.5. The molecule has 4 rings (SSSR count). The lowest BCUT2D eigenvalue weighted by molar-refractivity contribution is -0.167. The maximum absolute atomic E-state index is 14.2. The topological polar surface area (TPSA) is 92.8 Å². The average molecular weight is 872 g/mol. The monoisotopic (exact) mass is 872 g/mol. The summed E-state index contributed by atoms with van der Waals surface area (Å²) in [5.74, 6) is -0.711. The molecule has 0 spiro atoms. The minimum Gasteiger partial charge on any atom is -0.462 e. The minimum absolute atomic E-state index is 0.00386. The number of nitrogens with zero attached hydrogens (tertiary/aromatic N) is 1. The van der Waals surface area contributed by atoms with E-state index in [2.05, 4.69) is 94.4 Å². The third kappa shape index (κ3) is 14.1. The van der Waals surface area contributed by atoms with Gasteiger partial charge >= 0.3 is 11.9 Å². The number of benzene rings is 1. The highest BCUT2D eigenvalue weighted by Crippen LogP contribution is 2.45. The molecule has 3 aliphatic heterocycles. The Morgan fingerprint density at radius 3 is 1.93 bits per heavy atom. The highest BCUT2D eigenvalue weighted by atomic mass is 28.4. The van der Waals surface area contributed by atoms with Gasteiger partial charge in [0.15, 0.2) is 8.32 Å². The van der Waals surface area contributed by atoms with E-state index in [0.29, 0.717) is 12.5 Å². The van der Waals surface area contributed by atoms with E-state index in [0.717, 1.165) is 69.8 Å². The fraction of sp³-hybridized carbons (Fsp3) is 0.843. The van der Waals surface area contributed by atoms with Crippen molar-refractivity contribution >= 4 is 20.3 Å². The molecule has 0 amide bonds. The molecule has 1 aromatic rings. The van der Waals surface area contributed by atoms with Crippen LogP contribution in [0.3, 0.4) is 0 Å². The van der Waals surface area contributed by atoms with Crippen LogP contribution in [0.4, 0.5) is 0 Å². The molecule has 0 unspecified atom stereocenters. The Hall–Kier alpha value is -1.82. The van der Waals surface area contributed by atoms with Gasteiger partial charge in [-0.05, 0) is 115 Å². The largest absolute Gasteiger partial charge is 0.462 e. The summed E-state index contributed by atoms with van der Waals surface area (Å²) in [7, 11) is 2.25. The Kier molecular flexibility index (Phi) is 20.3. The molecule has 61 heavy (non-hydrogen) atoms. The van der Waals surface area contributed by atoms with Crippen molar-refractivity contribution < 1.29 is 37.7 Å². The average Bonchev–Trinajstić information content (AvgIpc) is 4.01. The fourth-order valence-electron chi connectivity index (χ4n) is 10.1. The molecule has 3 heterocycles. The number of ether oxygens (including phenoxy) is 5. The van der Waals surface area contributed by atoms with E-state index in [-0.39, 0.29) is 102 Å². The highest BCUT2D eigenvalue weighted by Gasteiger charge is 2.49. The van der Waals surface area contributed by atoms with Gasteiger partial charge < -0.3 is 33.0 Å². The SMILES string of the molecule is CCC[C@H](C[C@@H]1CC[C@H]([C@@H](CC)[C@H](O[Si](C)(C)C(C)(C)C)[C@H](C)[C@@H]2CC[C@H]([C@@H](CC)C(=O)O[C@@H](CCC)[C@H](C)[C@@H]3CC[C@H]([C@@H](C)C(=O)OCc4ccccc4)O3)O2)O1)N(C)C. The summed E-state index contributed by atoms with van der Waals surface area (Å²) in [5.41, 5.74) is 0.966. The molecule has 0 aromatic heterocycles. The summed E-state index contributed by atoms with van der Waals surface area (Å²) in [6.07, 6.45) is 11.9. The van der Waals surface area contributed by atoms with Crippen LogP contribution in [0.1, 0.15) is 158 Å². The molecule has 1 aromatic carbocycles. The number of rotatable bonds is 24. The van der Waals surface area contributed by atoms with Gasteiger partial charge in [0.1, 0.15) is 12.7 Å². The van der Waals surface area contributed by atoms with Crippen LogP contribution >= 0.6 is 0 Å². The molecule has 0 aliphatic carbocycles. The second kappa shape index (κ2) is 23.9. The summed E-state index contributed by atoms with van der Waals surface area (Å²) < 4.78 is 40.1. The van der Waals surface area contributed by atoms with Crippen LogP contribution < -0.4 is 0 Å². The molecule has 0 N–H and O–H groups in total. The Bertz CT molecular complexity index is 1450. The van der Waals surface area contributed by atoms with Crippen LogP contribution in [0.15, 0.2) is 30.3 Å². The highest BCUT2D eigenvalue weighted by molar-refractivity contribution is 6.74. The van der Waals surface area contributed by atoms with Crippen LogP contribution in [0.25, 0.3) is 0 Å². The van der Waals surface area contributed by atoms with E-state index in [9.17, 15) is 9.59 Å². The predicted molar refractivity (Wildman–Crippen MR) is 249 cm³/mol. The molecular formula is C51H89NO8Si. The van der Waals surface area contributed by atoms with E-state index < -0.39 is 8.32 Å². The predicted octanol–water partition coefficient (Wildman–Crippen LogP) is 11.6. The molecule has 0 saturated carbocycles. The standard InChI is InChI=1S/C51H89NO8Si/c1-15-22-38(52(11)12)32-39-26-27-46(56-39)40(17-3)48(60-61(13,14)51(8,9)10)35(6)44-30-31-47(58-44)41(18-4)50(54)59-42(23-16-2)34(5)43-28-29-45(57-43)36(7)49(53)55-33-37-24-20-19-21-25-37/h19-21,24-25,34-36,38-48H,15-18,22-23,26-33H2,1-14H3/t34-,35+,36+,38+,39-,40+,41+,42-,43-,44-,45+,46+,47+,48+/m0/s1. The summed E-state index contributed by atoms with van der Waals surface area (Å²) in [5, 5.41) is 0.0702. The number of hydrogen-bond donors (Lipinski definition) is 0. The number of esters is 2. The van der Waals surface area contributed by atoms with Crippen molar-refractivity contribution in [2.75, 3.05) is 14.1 Å². The first-order valence-corrected chi connectivity index (χ1v) is 27.5. The maximum atomic E-state index is 14.2. The molecule has 350 valence electrons. The van der Waals surface area contributed by atoms with Gasteiger partial charge in [0, 0.05) is 23.8 Å². The molecule has 3 fully saturated rings. The van der Waals surface area contributed by atoms with Crippen molar-refractivity contribution in [3.05, 3.63) is 35.9 Å². The zero-order chi connectivity index (χ0) is 45.1. The van der Waals surface area contributed by atoms with Crippen molar-refractivity contribution in [3.63, 3.8) is 0 Å². The molecule has 0 radical (unpaired) electrons. The van der Waals surface area contributed by atoms with E-state index in [1.54, 1.807) is 0 Å². The van der Waals surface area contributed by atoms with Gasteiger partial charge in [0.2, 0.25) is 0 Å². The van der Waals surface area contributed by atoms with Gasteiger partial charge in [-0.3, -0.25) is 9.59 Å². The summed E-state index contributed by atoms with van der Waals surface area (Å²) in [6.45, 7) is 27.1. The Labute approximate surface area is 373 Å². The van der Waals surface area contributed by atoms with E-state index in [4.69, 9.17) is 28.1 Å². The second-order valence-corrected chi connectivity index (χ2v) is 25.6. The van der Waals surface area contributed by atoms with E-state index >= 15 is 0 Å². The normalized spacial score (nSPS) is 27.6. The Balaban J connectivity index is 1.40. The smallest absolute Gasteiger partial charge is 0.311 e. The minimum atomic E-state index is -2.15. The molecule has 10 heteroatoms. The molecule has 3 saturated heterocycles. The van der Waals surface area contributed by atoms with Crippen molar-refractivity contribution in [2.45, 2.75) is 232 Å². The van der Waals surface area contributed by atoms with Gasteiger partial charge in [-0.25, -0.2) is 0 Å². The zero-order valence-electron chi connectivity index (χ0n) is 41.1. The summed E-state index contributed by atoms with van der Waals surface area (Å²) in [4.78, 5) is 29.6. The number of carbonyl (C=O) groups is 2. The molecule has 3 aliphatic rings. The van der Waals surface area contributed by atoms with Crippen molar-refractivity contribution in [2.24, 2.45) is 29.6 Å². The maximum Gasteiger partial charge on any atom is 0.311 e. The lowest BCUT2D eigenvalue weighted by Gasteiger charge is -2.45. The van der Waals surface area contributed by atoms with Gasteiger partial charge in [-0.15, -0.1) is 0 Å². The van der Waals surface area contributed by atoms with Crippen LogP contribution in [-0.2, 0) is 44.3 Å². The lowest BCUT2D eigenvalue weighted by Crippen LogP contribution is -2.51. The number of carbonyl (C=O) groups excluding carboxylic acids is 2. The van der Waals surface area contributed by atoms with Crippen LogP contribution in [0.2, 0.25) is 18.1 Å².